The molecule has 0 bridgehead atoms. The van der Waals surface area contributed by atoms with Gasteiger partial charge < -0.3 is 20.9 Å². The summed E-state index contributed by atoms with van der Waals surface area (Å²) in [6, 6.07) is -0.602. The van der Waals surface area contributed by atoms with Crippen LogP contribution in [0.25, 0.3) is 0 Å². The van der Waals surface area contributed by atoms with Crippen molar-refractivity contribution >= 4 is 12.4 Å². The van der Waals surface area contributed by atoms with E-state index < -0.39 is 12.0 Å². The molecule has 0 amide bonds. The Morgan fingerprint density at radius 2 is 2.07 bits per heavy atom. The van der Waals surface area contributed by atoms with Crippen LogP contribution in [0.15, 0.2) is 0 Å². The summed E-state index contributed by atoms with van der Waals surface area (Å²) in [4.78, 5) is 19.6. The minimum atomic E-state index is -0.907. The van der Waals surface area contributed by atoms with Gasteiger partial charge in [0.1, 0.15) is 11.6 Å². The van der Waals surface area contributed by atoms with Gasteiger partial charge in [-0.15, -0.1) is 0 Å². The second kappa shape index (κ2) is 8.19. The smallest absolute Gasteiger partial charge is 0.322 e. The quantitative estimate of drug-likeness (QED) is 0.556. The average molecular weight is 220 g/mol. The number of hydrogen-bond donors (Lipinski definition) is 3. The fourth-order valence-corrected chi connectivity index (χ4v) is 0.486. The average Bonchev–Trinajstić information content (AvgIpc) is 2.04. The Hall–Kier alpha value is -1.14. The van der Waals surface area contributed by atoms with Crippen molar-refractivity contribution in [3.63, 3.8) is 0 Å². The first-order valence-corrected chi connectivity index (χ1v) is 4.50. The van der Waals surface area contributed by atoms with Gasteiger partial charge in [0.25, 0.3) is 6.47 Å². The van der Waals surface area contributed by atoms with Crippen LogP contribution in [-0.4, -0.2) is 42.8 Å². The molecule has 0 fully saturated rings. The van der Waals surface area contributed by atoms with Crippen molar-refractivity contribution in [2.24, 2.45) is 5.73 Å². The lowest BCUT2D eigenvalue weighted by Gasteiger charge is -2.14. The third-order valence-electron chi connectivity index (χ3n) is 1.28. The largest absolute Gasteiger partial charge is 0.480 e. The number of carbonyl (C=O) groups is 2. The molecule has 0 aromatic heterocycles. The van der Waals surface area contributed by atoms with Crippen LogP contribution in [0.1, 0.15) is 20.8 Å². The molecule has 0 saturated heterocycles. The Balaban J connectivity index is 0. The number of hydrogen-bond acceptors (Lipinski definition) is 5. The van der Waals surface area contributed by atoms with Crippen LogP contribution in [0.4, 0.5) is 0 Å². The molecule has 0 aromatic rings. The molecule has 0 rings (SSSR count). The van der Waals surface area contributed by atoms with Crippen LogP contribution in [0, 0.1) is 0 Å². The second-order valence-electron chi connectivity index (χ2n) is 3.74. The molecule has 1 unspecified atom stereocenters. The van der Waals surface area contributed by atoms with E-state index in [1.54, 1.807) is 7.05 Å². The van der Waals surface area contributed by atoms with E-state index in [1.165, 1.54) is 0 Å². The standard InChI is InChI=1S/C5H10O2.C4H10N2O2/c1-5(2,3)7-4-6;1-6-3(2-5)4(7)8/h4H,1-3H3;3,6H,2,5H2,1H3,(H,7,8). The van der Waals surface area contributed by atoms with Crippen molar-refractivity contribution in [2.75, 3.05) is 13.6 Å². The Kier molecular flexibility index (Phi) is 8.90. The number of carbonyl (C=O) groups excluding carboxylic acids is 1. The van der Waals surface area contributed by atoms with Crippen molar-refractivity contribution in [2.45, 2.75) is 32.4 Å². The molecule has 1 atom stereocenters. The summed E-state index contributed by atoms with van der Waals surface area (Å²) in [5.41, 5.74) is 4.72. The van der Waals surface area contributed by atoms with E-state index in [2.05, 4.69) is 10.1 Å². The van der Waals surface area contributed by atoms with Crippen LogP contribution in [-0.2, 0) is 14.3 Å². The van der Waals surface area contributed by atoms with Crippen molar-refractivity contribution < 1.29 is 19.4 Å². The first-order chi connectivity index (χ1) is 6.78. The van der Waals surface area contributed by atoms with E-state index in [1.807, 2.05) is 20.8 Å². The first-order valence-electron chi connectivity index (χ1n) is 4.50. The lowest BCUT2D eigenvalue weighted by molar-refractivity contribution is -0.139. The van der Waals surface area contributed by atoms with Crippen LogP contribution in [0.2, 0.25) is 0 Å². The molecule has 4 N–H and O–H groups in total. The second-order valence-corrected chi connectivity index (χ2v) is 3.74. The number of carboxylic acid groups (broad SMARTS) is 1. The van der Waals surface area contributed by atoms with Crippen LogP contribution < -0.4 is 11.1 Å². The fraction of sp³-hybridized carbons (Fsp3) is 0.778. The van der Waals surface area contributed by atoms with Gasteiger partial charge in [0.2, 0.25) is 0 Å². The molecule has 15 heavy (non-hydrogen) atoms. The van der Waals surface area contributed by atoms with Gasteiger partial charge in [-0.1, -0.05) is 0 Å². The van der Waals surface area contributed by atoms with Gasteiger partial charge in [-0.2, -0.15) is 0 Å². The van der Waals surface area contributed by atoms with Crippen molar-refractivity contribution in [3.05, 3.63) is 0 Å². The summed E-state index contributed by atoms with van der Waals surface area (Å²) < 4.78 is 4.55. The van der Waals surface area contributed by atoms with E-state index in [0.717, 1.165) is 0 Å². The Bertz CT molecular complexity index is 185. The number of aliphatic carboxylic acids is 1. The van der Waals surface area contributed by atoms with Crippen LogP contribution in [0.3, 0.4) is 0 Å². The number of carboxylic acids is 1. The minimum Gasteiger partial charge on any atom is -0.480 e. The minimum absolute atomic E-state index is 0.131. The van der Waals surface area contributed by atoms with Crippen molar-refractivity contribution in [1.82, 2.24) is 5.32 Å². The molecule has 0 spiro atoms. The lowest BCUT2D eigenvalue weighted by Crippen LogP contribution is -2.40. The van der Waals surface area contributed by atoms with Crippen LogP contribution >= 0.6 is 0 Å². The third-order valence-corrected chi connectivity index (χ3v) is 1.28. The zero-order valence-corrected chi connectivity index (χ0v) is 9.61. The monoisotopic (exact) mass is 220 g/mol. The molecule has 6 heteroatoms. The summed E-state index contributed by atoms with van der Waals surface area (Å²) in [6.45, 7) is 6.05. The van der Waals surface area contributed by atoms with Gasteiger partial charge >= 0.3 is 5.97 Å². The number of nitrogens with two attached hydrogens (primary N) is 1. The van der Waals surface area contributed by atoms with E-state index in [0.29, 0.717) is 6.47 Å². The highest BCUT2D eigenvalue weighted by Crippen LogP contribution is 2.02. The maximum absolute atomic E-state index is 10.0. The van der Waals surface area contributed by atoms with Gasteiger partial charge in [0.15, 0.2) is 0 Å². The van der Waals surface area contributed by atoms with Gasteiger partial charge in [0.05, 0.1) is 0 Å². The topological polar surface area (TPSA) is 102 Å². The van der Waals surface area contributed by atoms with Crippen molar-refractivity contribution in [1.29, 1.82) is 0 Å². The maximum atomic E-state index is 10.0. The maximum Gasteiger partial charge on any atom is 0.322 e. The first kappa shape index (κ1) is 16.3. The van der Waals surface area contributed by atoms with E-state index in [4.69, 9.17) is 10.8 Å². The number of ether oxygens (including phenoxy) is 1. The summed E-state index contributed by atoms with van der Waals surface area (Å²) in [7, 11) is 1.56. The molecule has 0 saturated carbocycles. The number of rotatable bonds is 4. The molecule has 90 valence electrons. The molecule has 0 heterocycles. The molecule has 6 nitrogen and oxygen atoms in total. The molecule has 0 radical (unpaired) electrons. The van der Waals surface area contributed by atoms with Gasteiger partial charge in [-0.3, -0.25) is 9.59 Å². The lowest BCUT2D eigenvalue weighted by atomic mass is 10.2. The zero-order valence-electron chi connectivity index (χ0n) is 9.61. The highest BCUT2D eigenvalue weighted by Gasteiger charge is 2.10. The molecule has 0 aliphatic heterocycles. The fourth-order valence-electron chi connectivity index (χ4n) is 0.486. The molecule has 0 aromatic carbocycles. The Morgan fingerprint density at radius 3 is 2.07 bits per heavy atom. The van der Waals surface area contributed by atoms with Crippen LogP contribution in [0.5, 0.6) is 0 Å². The van der Waals surface area contributed by atoms with E-state index in [9.17, 15) is 9.59 Å². The third kappa shape index (κ3) is 12.9. The summed E-state index contributed by atoms with van der Waals surface area (Å²) in [6.07, 6.45) is 0. The predicted molar refractivity (Wildman–Crippen MR) is 56.4 cm³/mol. The molecular formula is C9H20N2O4. The van der Waals surface area contributed by atoms with E-state index >= 15 is 0 Å². The SMILES string of the molecule is CC(C)(C)OC=O.CNC(CN)C(=O)O. The predicted octanol–water partition coefficient (Wildman–Crippen LogP) is -0.424. The van der Waals surface area contributed by atoms with Gasteiger partial charge in [-0.05, 0) is 27.8 Å². The number of likely N-dealkylation sites (N-methyl/N-ethyl adjacent to an activating group) is 1. The summed E-state index contributed by atoms with van der Waals surface area (Å²) in [5.74, 6) is -0.907. The van der Waals surface area contributed by atoms with E-state index in [-0.39, 0.29) is 12.1 Å². The molecule has 0 aliphatic carbocycles. The molecular weight excluding hydrogens is 200 g/mol. The highest BCUT2D eigenvalue weighted by atomic mass is 16.5. The highest BCUT2D eigenvalue weighted by molar-refractivity contribution is 5.73. The zero-order chi connectivity index (χ0) is 12.5. The molecule has 0 aliphatic rings. The Morgan fingerprint density at radius 1 is 1.60 bits per heavy atom. The normalized spacial score (nSPS) is 12.1. The van der Waals surface area contributed by atoms with Gasteiger partial charge in [0, 0.05) is 6.54 Å². The van der Waals surface area contributed by atoms with Crippen molar-refractivity contribution in [3.8, 4) is 0 Å². The Labute approximate surface area is 89.8 Å². The van der Waals surface area contributed by atoms with Gasteiger partial charge in [-0.25, -0.2) is 0 Å². The number of nitrogens with one attached hydrogen (secondary N) is 1. The summed E-state index contributed by atoms with van der Waals surface area (Å²) in [5, 5.41) is 10.8. The summed E-state index contributed by atoms with van der Waals surface area (Å²) >= 11 is 0.